The molecule has 0 aromatic heterocycles. The van der Waals surface area contributed by atoms with Crippen LogP contribution in [0.2, 0.25) is 0 Å². The molecule has 7 nitrogen and oxygen atoms in total. The van der Waals surface area contributed by atoms with Crippen LogP contribution < -0.4 is 5.32 Å². The van der Waals surface area contributed by atoms with E-state index in [1.165, 1.54) is 6.08 Å². The largest absolute Gasteiger partial charge is 0.394 e. The fourth-order valence-electron chi connectivity index (χ4n) is 2.20. The number of ether oxygens (including phenoxy) is 2. The van der Waals surface area contributed by atoms with Crippen LogP contribution in [-0.4, -0.2) is 58.5 Å². The van der Waals surface area contributed by atoms with E-state index in [0.717, 1.165) is 0 Å². The summed E-state index contributed by atoms with van der Waals surface area (Å²) in [7, 11) is 0. The average Bonchev–Trinajstić information content (AvgIpc) is 2.75. The molecule has 0 aromatic carbocycles. The first-order valence-electron chi connectivity index (χ1n) is 5.06. The minimum atomic E-state index is -0.883. The number of aliphatic hydroxyl groups is 2. The zero-order valence-electron chi connectivity index (χ0n) is 8.31. The second-order valence-corrected chi connectivity index (χ2v) is 3.96. The number of aliphatic hydroxyl groups excluding tert-OH is 2. The summed E-state index contributed by atoms with van der Waals surface area (Å²) >= 11 is 0. The lowest BCUT2D eigenvalue weighted by Gasteiger charge is -2.29. The summed E-state index contributed by atoms with van der Waals surface area (Å²) in [6, 6.07) is 0. The molecule has 16 heavy (non-hydrogen) atoms. The smallest absolute Gasteiger partial charge is 0.248 e. The Morgan fingerprint density at radius 2 is 2.31 bits per heavy atom. The highest BCUT2D eigenvalue weighted by Gasteiger charge is 2.54. The Balaban J connectivity index is 1.82. The number of carbonyl (C=O) groups excluding carboxylic acids is 1. The molecule has 0 unspecified atom stereocenters. The molecule has 0 radical (unpaired) electrons. The van der Waals surface area contributed by atoms with Crippen LogP contribution in [0.25, 0.3) is 0 Å². The van der Waals surface area contributed by atoms with Crippen molar-refractivity contribution in [3.63, 3.8) is 0 Å². The molecule has 1 amide bonds. The zero-order chi connectivity index (χ0) is 11.3. The molecular formula is C9H12N2O5. The average molecular weight is 228 g/mol. The van der Waals surface area contributed by atoms with Gasteiger partial charge in [0.1, 0.15) is 18.3 Å². The molecule has 2 fully saturated rings. The van der Waals surface area contributed by atoms with E-state index in [-0.39, 0.29) is 12.5 Å². The first-order valence-corrected chi connectivity index (χ1v) is 5.06. The third-order valence-electron chi connectivity index (χ3n) is 3.01. The molecular weight excluding hydrogens is 216 g/mol. The van der Waals surface area contributed by atoms with E-state index in [9.17, 15) is 9.90 Å². The van der Waals surface area contributed by atoms with Crippen LogP contribution in [0.5, 0.6) is 0 Å². The molecule has 3 rings (SSSR count). The molecule has 0 aliphatic carbocycles. The van der Waals surface area contributed by atoms with Gasteiger partial charge < -0.3 is 29.9 Å². The highest BCUT2D eigenvalue weighted by molar-refractivity contribution is 5.88. The fourth-order valence-corrected chi connectivity index (χ4v) is 2.20. The van der Waals surface area contributed by atoms with Crippen molar-refractivity contribution < 1.29 is 24.5 Å². The van der Waals surface area contributed by atoms with Crippen LogP contribution in [0.3, 0.4) is 0 Å². The van der Waals surface area contributed by atoms with Gasteiger partial charge in [-0.2, -0.15) is 0 Å². The number of amides is 1. The lowest BCUT2D eigenvalue weighted by Crippen LogP contribution is -2.48. The summed E-state index contributed by atoms with van der Waals surface area (Å²) in [5, 5.41) is 21.4. The van der Waals surface area contributed by atoms with Crippen molar-refractivity contribution in [3.8, 4) is 0 Å². The Hall–Kier alpha value is -1.15. The predicted octanol–water partition coefficient (Wildman–Crippen LogP) is -2.31. The first kappa shape index (κ1) is 10.0. The molecule has 0 saturated carbocycles. The second-order valence-electron chi connectivity index (χ2n) is 3.96. The van der Waals surface area contributed by atoms with Crippen molar-refractivity contribution in [1.82, 2.24) is 10.2 Å². The standard InChI is InChI=1S/C9H12N2O5/c12-3-4-6(14)7-8(15-4)11-2-1-5(13)10-9(11)16-7/h1-2,4,6-9,12,14H,3H2,(H,10,13)/t4-,6-,7+,8-,9-/m1/s1. The lowest BCUT2D eigenvalue weighted by atomic mass is 10.1. The van der Waals surface area contributed by atoms with Gasteiger partial charge in [0.05, 0.1) is 6.61 Å². The number of hydrogen-bond donors (Lipinski definition) is 3. The van der Waals surface area contributed by atoms with Crippen LogP contribution in [0.4, 0.5) is 0 Å². The van der Waals surface area contributed by atoms with Gasteiger partial charge >= 0.3 is 0 Å². The van der Waals surface area contributed by atoms with E-state index < -0.39 is 30.9 Å². The van der Waals surface area contributed by atoms with Gasteiger partial charge in [0.25, 0.3) is 0 Å². The van der Waals surface area contributed by atoms with Crippen molar-refractivity contribution in [3.05, 3.63) is 12.3 Å². The summed E-state index contributed by atoms with van der Waals surface area (Å²) < 4.78 is 10.9. The van der Waals surface area contributed by atoms with Gasteiger partial charge in [0.15, 0.2) is 6.23 Å². The third-order valence-corrected chi connectivity index (χ3v) is 3.01. The van der Waals surface area contributed by atoms with Crippen LogP contribution in [0.15, 0.2) is 12.3 Å². The van der Waals surface area contributed by atoms with Crippen molar-refractivity contribution in [1.29, 1.82) is 0 Å². The Bertz CT molecular complexity index is 347. The topological polar surface area (TPSA) is 91.3 Å². The summed E-state index contributed by atoms with van der Waals surface area (Å²) in [6.07, 6.45) is -0.195. The van der Waals surface area contributed by atoms with E-state index in [0.29, 0.717) is 0 Å². The molecule has 5 atom stereocenters. The number of rotatable bonds is 1. The zero-order valence-corrected chi connectivity index (χ0v) is 8.31. The highest BCUT2D eigenvalue weighted by atomic mass is 16.6. The monoisotopic (exact) mass is 228 g/mol. The summed E-state index contributed by atoms with van der Waals surface area (Å²) in [6.45, 7) is -0.258. The maximum atomic E-state index is 11.1. The van der Waals surface area contributed by atoms with Crippen LogP contribution in [0.1, 0.15) is 0 Å². The van der Waals surface area contributed by atoms with Gasteiger partial charge in [-0.05, 0) is 0 Å². The molecule has 3 N–H and O–H groups in total. The van der Waals surface area contributed by atoms with Gasteiger partial charge in [-0.15, -0.1) is 0 Å². The minimum absolute atomic E-state index is 0.241. The molecule has 0 bridgehead atoms. The second kappa shape index (κ2) is 3.42. The van der Waals surface area contributed by atoms with E-state index in [1.54, 1.807) is 11.1 Å². The van der Waals surface area contributed by atoms with E-state index >= 15 is 0 Å². The van der Waals surface area contributed by atoms with E-state index in [2.05, 4.69) is 5.32 Å². The Morgan fingerprint density at radius 3 is 3.06 bits per heavy atom. The predicted molar refractivity (Wildman–Crippen MR) is 49.5 cm³/mol. The summed E-state index contributed by atoms with van der Waals surface area (Å²) in [5.41, 5.74) is 0. The Morgan fingerprint density at radius 1 is 1.50 bits per heavy atom. The van der Waals surface area contributed by atoms with Crippen molar-refractivity contribution in [2.24, 2.45) is 0 Å². The third kappa shape index (κ3) is 1.26. The van der Waals surface area contributed by atoms with Gasteiger partial charge in [-0.25, -0.2) is 0 Å². The SMILES string of the molecule is O=C1C=CN2[C@@H]3O[C@H](CO)[C@@H](O)[C@@H]3O[C@@H]2N1. The number of fused-ring (bicyclic) bond motifs is 3. The molecule has 88 valence electrons. The normalized spacial score (nSPS) is 45.5. The summed E-state index contributed by atoms with van der Waals surface area (Å²) in [4.78, 5) is 12.8. The van der Waals surface area contributed by atoms with Gasteiger partial charge in [-0.1, -0.05) is 0 Å². The van der Waals surface area contributed by atoms with Crippen LogP contribution in [0, 0.1) is 0 Å². The van der Waals surface area contributed by atoms with Crippen LogP contribution in [-0.2, 0) is 14.3 Å². The van der Waals surface area contributed by atoms with Gasteiger partial charge in [0, 0.05) is 12.3 Å². The molecule has 0 aromatic rings. The minimum Gasteiger partial charge on any atom is -0.394 e. The molecule has 3 heterocycles. The Labute approximate surface area is 91.2 Å². The molecule has 3 aliphatic heterocycles. The number of nitrogens with zero attached hydrogens (tertiary/aromatic N) is 1. The summed E-state index contributed by atoms with van der Waals surface area (Å²) in [5.74, 6) is -0.241. The molecule has 7 heteroatoms. The molecule has 0 spiro atoms. The van der Waals surface area contributed by atoms with Crippen LogP contribution >= 0.6 is 0 Å². The maximum Gasteiger partial charge on any atom is 0.248 e. The number of nitrogens with one attached hydrogen (secondary N) is 1. The van der Waals surface area contributed by atoms with Gasteiger partial charge in [0.2, 0.25) is 12.3 Å². The fraction of sp³-hybridized carbons (Fsp3) is 0.667. The van der Waals surface area contributed by atoms with Crippen molar-refractivity contribution in [2.45, 2.75) is 30.9 Å². The molecule has 2 saturated heterocycles. The lowest BCUT2D eigenvalue weighted by molar-refractivity contribution is -0.133. The molecule has 3 aliphatic rings. The van der Waals surface area contributed by atoms with E-state index in [1.807, 2.05) is 0 Å². The quantitative estimate of drug-likeness (QED) is 0.467. The first-order chi connectivity index (χ1) is 7.70. The maximum absolute atomic E-state index is 11.1. The van der Waals surface area contributed by atoms with Crippen molar-refractivity contribution >= 4 is 5.91 Å². The highest BCUT2D eigenvalue weighted by Crippen LogP contribution is 2.34. The number of hydrogen-bond acceptors (Lipinski definition) is 6. The van der Waals surface area contributed by atoms with Crippen molar-refractivity contribution in [2.75, 3.05) is 6.61 Å². The Kier molecular flexibility index (Phi) is 2.15. The number of carbonyl (C=O) groups is 1. The van der Waals surface area contributed by atoms with Gasteiger partial charge in [-0.3, -0.25) is 4.79 Å². The van der Waals surface area contributed by atoms with E-state index in [4.69, 9.17) is 14.6 Å².